The van der Waals surface area contributed by atoms with Gasteiger partial charge in [-0.1, -0.05) is 36.4 Å². The number of hydrogen-bond donors (Lipinski definition) is 2. The normalized spacial score (nSPS) is 13.1. The fourth-order valence-electron chi connectivity index (χ4n) is 3.96. The van der Waals surface area contributed by atoms with E-state index in [0.717, 1.165) is 0 Å². The van der Waals surface area contributed by atoms with Crippen molar-refractivity contribution in [2.24, 2.45) is 9.98 Å². The van der Waals surface area contributed by atoms with Crippen LogP contribution in [0.25, 0.3) is 0 Å². The first-order valence-corrected chi connectivity index (χ1v) is 11.7. The number of aliphatic imine (C=N–C) groups is 2. The molecule has 0 aliphatic rings. The number of methoxy groups -OCH3 is 2. The van der Waals surface area contributed by atoms with Gasteiger partial charge in [-0.25, -0.2) is 8.78 Å². The van der Waals surface area contributed by atoms with Crippen molar-refractivity contribution in [2.75, 3.05) is 14.2 Å². The summed E-state index contributed by atoms with van der Waals surface area (Å²) in [5.74, 6) is -0.419. The Morgan fingerprint density at radius 3 is 1.32 bits per heavy atom. The lowest BCUT2D eigenvalue weighted by atomic mass is 9.94. The fraction of sp³-hybridized carbons (Fsp3) is 0.133. The van der Waals surface area contributed by atoms with Crippen molar-refractivity contribution < 1.29 is 28.5 Å². The van der Waals surface area contributed by atoms with E-state index < -0.39 is 23.7 Å². The van der Waals surface area contributed by atoms with Crippen molar-refractivity contribution >= 4 is 12.4 Å². The maximum Gasteiger partial charge on any atom is 0.166 e. The molecular weight excluding hydrogens is 490 g/mol. The van der Waals surface area contributed by atoms with E-state index in [4.69, 9.17) is 19.5 Å². The molecule has 0 heterocycles. The molecule has 0 fully saturated rings. The average Bonchev–Trinajstić information content (AvgIpc) is 2.93. The van der Waals surface area contributed by atoms with Gasteiger partial charge in [-0.15, -0.1) is 0 Å². The van der Waals surface area contributed by atoms with Gasteiger partial charge in [0.25, 0.3) is 0 Å². The van der Waals surface area contributed by atoms with Crippen LogP contribution >= 0.6 is 0 Å². The number of para-hydroxylation sites is 2. The molecule has 4 aromatic carbocycles. The monoisotopic (exact) mass is 516 g/mol. The molecule has 0 amide bonds. The Labute approximate surface area is 219 Å². The van der Waals surface area contributed by atoms with Crippen molar-refractivity contribution in [1.82, 2.24) is 0 Å². The van der Waals surface area contributed by atoms with Crippen LogP contribution in [0, 0.1) is 11.6 Å². The second-order valence-electron chi connectivity index (χ2n) is 8.35. The number of phenolic OH excluding ortho intramolecular Hbond substituents is 2. The predicted octanol–water partition coefficient (Wildman–Crippen LogP) is 6.41. The summed E-state index contributed by atoms with van der Waals surface area (Å²) in [6, 6.07) is 20.3. The molecule has 0 spiro atoms. The van der Waals surface area contributed by atoms with Crippen molar-refractivity contribution in [3.8, 4) is 23.0 Å². The molecule has 4 aromatic rings. The number of aromatic hydroxyl groups is 2. The zero-order valence-electron chi connectivity index (χ0n) is 20.8. The molecule has 0 aliphatic heterocycles. The highest BCUT2D eigenvalue weighted by Crippen LogP contribution is 2.37. The minimum absolute atomic E-state index is 0.0836. The zero-order chi connectivity index (χ0) is 27.1. The lowest BCUT2D eigenvalue weighted by molar-refractivity contribution is 0.373. The van der Waals surface area contributed by atoms with Crippen LogP contribution in [0.4, 0.5) is 8.78 Å². The first kappa shape index (κ1) is 26.3. The van der Waals surface area contributed by atoms with Crippen LogP contribution in [0.3, 0.4) is 0 Å². The summed E-state index contributed by atoms with van der Waals surface area (Å²) in [7, 11) is 2.90. The van der Waals surface area contributed by atoms with Crippen LogP contribution in [-0.4, -0.2) is 36.9 Å². The zero-order valence-corrected chi connectivity index (χ0v) is 20.8. The number of ether oxygens (including phenoxy) is 2. The Morgan fingerprint density at radius 2 is 0.974 bits per heavy atom. The van der Waals surface area contributed by atoms with Crippen molar-refractivity contribution in [2.45, 2.75) is 12.1 Å². The van der Waals surface area contributed by atoms with E-state index in [1.165, 1.54) is 50.9 Å². The maximum absolute atomic E-state index is 13.8. The van der Waals surface area contributed by atoms with E-state index >= 15 is 0 Å². The predicted molar refractivity (Wildman–Crippen MR) is 143 cm³/mol. The standard InChI is InChI=1S/C30H26F2N2O4/c1-37-25-7-3-5-21(29(25)35)17-33-27(19-9-13-23(31)14-10-19)28(20-11-15-24(32)16-12-20)34-18-22-6-4-8-26(38-2)30(22)36/h3-18,27-28,35-36H,1-2H3. The van der Waals surface area contributed by atoms with Crippen LogP contribution in [0.2, 0.25) is 0 Å². The van der Waals surface area contributed by atoms with E-state index in [2.05, 4.69) is 0 Å². The molecule has 0 radical (unpaired) electrons. The summed E-state index contributed by atoms with van der Waals surface area (Å²) < 4.78 is 38.0. The van der Waals surface area contributed by atoms with Crippen LogP contribution in [0.1, 0.15) is 34.3 Å². The number of rotatable bonds is 9. The molecule has 2 N–H and O–H groups in total. The highest BCUT2D eigenvalue weighted by Gasteiger charge is 2.24. The van der Waals surface area contributed by atoms with E-state index in [-0.39, 0.29) is 23.0 Å². The smallest absolute Gasteiger partial charge is 0.166 e. The summed E-state index contributed by atoms with van der Waals surface area (Å²) in [4.78, 5) is 9.48. The Morgan fingerprint density at radius 1 is 0.605 bits per heavy atom. The van der Waals surface area contributed by atoms with E-state index in [0.29, 0.717) is 22.3 Å². The van der Waals surface area contributed by atoms with E-state index in [1.807, 2.05) is 0 Å². The van der Waals surface area contributed by atoms with Gasteiger partial charge in [-0.3, -0.25) is 9.98 Å². The molecule has 6 nitrogen and oxygen atoms in total. The van der Waals surface area contributed by atoms with Crippen molar-refractivity contribution in [3.63, 3.8) is 0 Å². The van der Waals surface area contributed by atoms with Crippen LogP contribution in [-0.2, 0) is 0 Å². The first-order valence-electron chi connectivity index (χ1n) is 11.7. The number of halogens is 2. The number of phenols is 2. The molecule has 2 unspecified atom stereocenters. The number of benzene rings is 4. The van der Waals surface area contributed by atoms with Gasteiger partial charge in [0, 0.05) is 23.6 Å². The van der Waals surface area contributed by atoms with Gasteiger partial charge in [0.1, 0.15) is 23.7 Å². The maximum atomic E-state index is 13.8. The van der Waals surface area contributed by atoms with Crippen molar-refractivity contribution in [1.29, 1.82) is 0 Å². The largest absolute Gasteiger partial charge is 0.504 e. The number of nitrogens with zero attached hydrogens (tertiary/aromatic N) is 2. The number of hydrogen-bond acceptors (Lipinski definition) is 6. The molecule has 8 heteroatoms. The van der Waals surface area contributed by atoms with Gasteiger partial charge in [-0.05, 0) is 59.7 Å². The van der Waals surface area contributed by atoms with E-state index in [1.54, 1.807) is 60.7 Å². The molecule has 0 aliphatic carbocycles. The highest BCUT2D eigenvalue weighted by atomic mass is 19.1. The Kier molecular flexibility index (Phi) is 8.33. The minimum Gasteiger partial charge on any atom is -0.504 e. The molecule has 0 saturated heterocycles. The Balaban J connectivity index is 1.84. The minimum atomic E-state index is -0.712. The summed E-state index contributed by atoms with van der Waals surface area (Å²) in [5.41, 5.74) is 2.07. The van der Waals surface area contributed by atoms with Crippen molar-refractivity contribution in [3.05, 3.63) is 119 Å². The van der Waals surface area contributed by atoms with Gasteiger partial charge < -0.3 is 19.7 Å². The quantitative estimate of drug-likeness (QED) is 0.252. The fourth-order valence-corrected chi connectivity index (χ4v) is 3.96. The van der Waals surface area contributed by atoms with Crippen LogP contribution in [0.5, 0.6) is 23.0 Å². The van der Waals surface area contributed by atoms with Gasteiger partial charge in [0.15, 0.2) is 23.0 Å². The summed E-state index contributed by atoms with van der Waals surface area (Å²) in [5, 5.41) is 21.1. The topological polar surface area (TPSA) is 83.6 Å². The molecule has 0 saturated carbocycles. The van der Waals surface area contributed by atoms with Gasteiger partial charge in [0.05, 0.1) is 14.2 Å². The lowest BCUT2D eigenvalue weighted by Crippen LogP contribution is -2.09. The lowest BCUT2D eigenvalue weighted by Gasteiger charge is -2.22. The summed E-state index contributed by atoms with van der Waals surface area (Å²) >= 11 is 0. The molecule has 2 atom stereocenters. The third kappa shape index (κ3) is 5.98. The van der Waals surface area contributed by atoms with Crippen LogP contribution in [0.15, 0.2) is 94.9 Å². The summed E-state index contributed by atoms with van der Waals surface area (Å²) in [6.07, 6.45) is 2.97. The third-order valence-corrected chi connectivity index (χ3v) is 5.97. The molecule has 0 bridgehead atoms. The molecule has 4 rings (SSSR count). The molecular formula is C30H26F2N2O4. The second-order valence-corrected chi connectivity index (χ2v) is 8.35. The average molecular weight is 517 g/mol. The molecule has 0 aromatic heterocycles. The van der Waals surface area contributed by atoms with E-state index in [9.17, 15) is 19.0 Å². The Hall–Kier alpha value is -4.72. The molecule has 194 valence electrons. The SMILES string of the molecule is COc1cccc(C=NC(c2ccc(F)cc2)C(N=Cc2cccc(OC)c2O)c2ccc(F)cc2)c1O. The van der Waals surface area contributed by atoms with Gasteiger partial charge >= 0.3 is 0 Å². The highest BCUT2D eigenvalue weighted by molar-refractivity contribution is 5.86. The molecule has 38 heavy (non-hydrogen) atoms. The van der Waals surface area contributed by atoms with Gasteiger partial charge in [0.2, 0.25) is 0 Å². The third-order valence-electron chi connectivity index (χ3n) is 5.97. The Bertz CT molecular complexity index is 1330. The first-order chi connectivity index (χ1) is 18.4. The van der Waals surface area contributed by atoms with Crippen LogP contribution < -0.4 is 9.47 Å². The van der Waals surface area contributed by atoms with Gasteiger partial charge in [-0.2, -0.15) is 0 Å². The second kappa shape index (κ2) is 12.0. The summed E-state index contributed by atoms with van der Waals surface area (Å²) in [6.45, 7) is 0.